The second-order valence-corrected chi connectivity index (χ2v) is 16.1. The van der Waals surface area contributed by atoms with Crippen LogP contribution in [0.25, 0.3) is 0 Å². The van der Waals surface area contributed by atoms with Gasteiger partial charge in [-0.25, -0.2) is 0 Å². The lowest BCUT2D eigenvalue weighted by atomic mass is 9.99. The standard InChI is InChI=1S/C45H86O6/c1-6-8-9-10-11-12-13-14-21-27-32-37-45(48)51-42(39-50-44(47)36-31-26-22-17-18-23-28-33-40(3)4)38-49-43(46)35-30-25-20-16-15-19-24-29-34-41(5)7-2/h40-42H,6-39H2,1-5H3/t41?,42-/m1/s1. The van der Waals surface area contributed by atoms with Gasteiger partial charge in [0.2, 0.25) is 0 Å². The first-order valence-electron chi connectivity index (χ1n) is 22.3. The highest BCUT2D eigenvalue weighted by Gasteiger charge is 2.19. The number of hydrogen-bond donors (Lipinski definition) is 0. The summed E-state index contributed by atoms with van der Waals surface area (Å²) in [6.07, 6.45) is 35.1. The smallest absolute Gasteiger partial charge is 0.306 e. The van der Waals surface area contributed by atoms with Gasteiger partial charge in [0.25, 0.3) is 0 Å². The monoisotopic (exact) mass is 723 g/mol. The van der Waals surface area contributed by atoms with Crippen molar-refractivity contribution in [2.24, 2.45) is 11.8 Å². The van der Waals surface area contributed by atoms with Gasteiger partial charge in [-0.05, 0) is 31.1 Å². The van der Waals surface area contributed by atoms with Crippen LogP contribution in [0.15, 0.2) is 0 Å². The summed E-state index contributed by atoms with van der Waals surface area (Å²) in [4.78, 5) is 37.6. The third-order valence-electron chi connectivity index (χ3n) is 10.3. The van der Waals surface area contributed by atoms with E-state index in [1.54, 1.807) is 0 Å². The highest BCUT2D eigenvalue weighted by atomic mass is 16.6. The zero-order valence-corrected chi connectivity index (χ0v) is 34.7. The Morgan fingerprint density at radius 2 is 0.745 bits per heavy atom. The predicted octanol–water partition coefficient (Wildman–Crippen LogP) is 13.8. The van der Waals surface area contributed by atoms with E-state index in [4.69, 9.17) is 14.2 Å². The van der Waals surface area contributed by atoms with E-state index < -0.39 is 6.10 Å². The Balaban J connectivity index is 4.35. The van der Waals surface area contributed by atoms with Crippen LogP contribution in [0.4, 0.5) is 0 Å². The van der Waals surface area contributed by atoms with E-state index in [9.17, 15) is 14.4 Å². The van der Waals surface area contributed by atoms with E-state index in [1.165, 1.54) is 128 Å². The first-order chi connectivity index (χ1) is 24.8. The highest BCUT2D eigenvalue weighted by Crippen LogP contribution is 2.17. The Hall–Kier alpha value is -1.59. The SMILES string of the molecule is CCCCCCCCCCCCCC(=O)O[C@H](COC(=O)CCCCCCCCCCC(C)CC)COC(=O)CCCCCCCCCC(C)C. The van der Waals surface area contributed by atoms with E-state index >= 15 is 0 Å². The molecule has 0 saturated heterocycles. The third-order valence-corrected chi connectivity index (χ3v) is 10.3. The Kier molecular flexibility index (Phi) is 37.0. The average Bonchev–Trinajstić information content (AvgIpc) is 3.11. The minimum atomic E-state index is -0.760. The molecule has 0 aromatic carbocycles. The largest absolute Gasteiger partial charge is 0.462 e. The number of carbonyl (C=O) groups excluding carboxylic acids is 3. The number of unbranched alkanes of at least 4 members (excludes halogenated alkanes) is 23. The summed E-state index contributed by atoms with van der Waals surface area (Å²) in [6.45, 7) is 11.3. The zero-order chi connectivity index (χ0) is 37.6. The van der Waals surface area contributed by atoms with Crippen LogP contribution >= 0.6 is 0 Å². The lowest BCUT2D eigenvalue weighted by Crippen LogP contribution is -2.30. The van der Waals surface area contributed by atoms with Crippen molar-refractivity contribution in [1.29, 1.82) is 0 Å². The van der Waals surface area contributed by atoms with Crippen LogP contribution in [-0.4, -0.2) is 37.2 Å². The summed E-state index contributed by atoms with van der Waals surface area (Å²) in [6, 6.07) is 0. The molecular weight excluding hydrogens is 636 g/mol. The van der Waals surface area contributed by atoms with Gasteiger partial charge in [-0.3, -0.25) is 14.4 Å². The lowest BCUT2D eigenvalue weighted by molar-refractivity contribution is -0.167. The highest BCUT2D eigenvalue weighted by molar-refractivity contribution is 5.71. The number of hydrogen-bond acceptors (Lipinski definition) is 6. The topological polar surface area (TPSA) is 78.9 Å². The van der Waals surface area contributed by atoms with E-state index in [0.29, 0.717) is 19.3 Å². The molecular formula is C45H86O6. The third kappa shape index (κ3) is 38.0. The zero-order valence-electron chi connectivity index (χ0n) is 34.7. The normalized spacial score (nSPS) is 12.6. The van der Waals surface area contributed by atoms with Crippen LogP contribution in [0.1, 0.15) is 240 Å². The first kappa shape index (κ1) is 49.4. The summed E-state index contributed by atoms with van der Waals surface area (Å²) in [5, 5.41) is 0. The van der Waals surface area contributed by atoms with Crippen LogP contribution < -0.4 is 0 Å². The number of rotatable bonds is 39. The molecule has 0 bridgehead atoms. The molecule has 0 radical (unpaired) electrons. The van der Waals surface area contributed by atoms with Crippen LogP contribution in [0.2, 0.25) is 0 Å². The molecule has 0 aliphatic rings. The first-order valence-corrected chi connectivity index (χ1v) is 22.3. The van der Waals surface area contributed by atoms with Crippen molar-refractivity contribution in [1.82, 2.24) is 0 Å². The minimum Gasteiger partial charge on any atom is -0.462 e. The molecule has 0 amide bonds. The van der Waals surface area contributed by atoms with Gasteiger partial charge in [0.15, 0.2) is 6.10 Å². The summed E-state index contributed by atoms with van der Waals surface area (Å²) in [5.74, 6) is 0.766. The molecule has 6 nitrogen and oxygen atoms in total. The van der Waals surface area contributed by atoms with Gasteiger partial charge >= 0.3 is 17.9 Å². The van der Waals surface area contributed by atoms with Crippen LogP contribution in [0, 0.1) is 11.8 Å². The molecule has 51 heavy (non-hydrogen) atoms. The second kappa shape index (κ2) is 38.1. The van der Waals surface area contributed by atoms with Crippen LogP contribution in [0.3, 0.4) is 0 Å². The summed E-state index contributed by atoms with van der Waals surface area (Å²) < 4.78 is 16.7. The van der Waals surface area contributed by atoms with Crippen molar-refractivity contribution < 1.29 is 28.6 Å². The molecule has 6 heteroatoms. The van der Waals surface area contributed by atoms with Crippen molar-refractivity contribution in [3.8, 4) is 0 Å². The van der Waals surface area contributed by atoms with E-state index in [0.717, 1.165) is 69.6 Å². The van der Waals surface area contributed by atoms with Crippen molar-refractivity contribution in [2.75, 3.05) is 13.2 Å². The fourth-order valence-corrected chi connectivity index (χ4v) is 6.54. The van der Waals surface area contributed by atoms with Crippen LogP contribution in [0.5, 0.6) is 0 Å². The molecule has 0 aromatic heterocycles. The van der Waals surface area contributed by atoms with Gasteiger partial charge in [0, 0.05) is 19.3 Å². The van der Waals surface area contributed by atoms with E-state index in [2.05, 4.69) is 34.6 Å². The molecule has 0 fully saturated rings. The van der Waals surface area contributed by atoms with Gasteiger partial charge in [-0.1, -0.05) is 202 Å². The molecule has 0 saturated carbocycles. The fourth-order valence-electron chi connectivity index (χ4n) is 6.54. The summed E-state index contributed by atoms with van der Waals surface area (Å²) in [5.41, 5.74) is 0. The average molecular weight is 723 g/mol. The van der Waals surface area contributed by atoms with Gasteiger partial charge in [-0.15, -0.1) is 0 Å². The molecule has 0 aliphatic carbocycles. The molecule has 0 heterocycles. The van der Waals surface area contributed by atoms with Gasteiger partial charge in [-0.2, -0.15) is 0 Å². The van der Waals surface area contributed by atoms with Crippen molar-refractivity contribution in [3.05, 3.63) is 0 Å². The fraction of sp³-hybridized carbons (Fsp3) is 0.933. The number of ether oxygens (including phenoxy) is 3. The molecule has 0 rings (SSSR count). The minimum absolute atomic E-state index is 0.0659. The van der Waals surface area contributed by atoms with Crippen molar-refractivity contribution in [3.63, 3.8) is 0 Å². The Labute approximate surface area is 317 Å². The molecule has 0 aliphatic heterocycles. The van der Waals surface area contributed by atoms with Crippen molar-refractivity contribution >= 4 is 17.9 Å². The number of carbonyl (C=O) groups is 3. The predicted molar refractivity (Wildman–Crippen MR) is 215 cm³/mol. The summed E-state index contributed by atoms with van der Waals surface area (Å²) in [7, 11) is 0. The maximum absolute atomic E-state index is 12.7. The van der Waals surface area contributed by atoms with Gasteiger partial charge in [0.1, 0.15) is 13.2 Å². The number of esters is 3. The second-order valence-electron chi connectivity index (χ2n) is 16.1. The van der Waals surface area contributed by atoms with E-state index in [1.807, 2.05) is 0 Å². The van der Waals surface area contributed by atoms with E-state index in [-0.39, 0.29) is 31.1 Å². The lowest BCUT2D eigenvalue weighted by Gasteiger charge is -2.18. The molecule has 302 valence electrons. The Bertz CT molecular complexity index is 781. The van der Waals surface area contributed by atoms with Crippen LogP contribution in [-0.2, 0) is 28.6 Å². The molecule has 0 spiro atoms. The molecule has 0 aromatic rings. The Morgan fingerprint density at radius 1 is 0.412 bits per heavy atom. The Morgan fingerprint density at radius 3 is 1.12 bits per heavy atom. The maximum Gasteiger partial charge on any atom is 0.306 e. The maximum atomic E-state index is 12.7. The van der Waals surface area contributed by atoms with Crippen molar-refractivity contribution in [2.45, 2.75) is 246 Å². The summed E-state index contributed by atoms with van der Waals surface area (Å²) >= 11 is 0. The quantitative estimate of drug-likeness (QED) is 0.0357. The van der Waals surface area contributed by atoms with Gasteiger partial charge < -0.3 is 14.2 Å². The molecule has 2 atom stereocenters. The molecule has 1 unspecified atom stereocenters. The van der Waals surface area contributed by atoms with Gasteiger partial charge in [0.05, 0.1) is 0 Å². The molecule has 0 N–H and O–H groups in total.